The van der Waals surface area contributed by atoms with E-state index in [1.165, 1.54) is 0 Å². The van der Waals surface area contributed by atoms with Gasteiger partial charge in [-0.3, -0.25) is 4.90 Å². The molecule has 2 aromatic rings. The highest BCUT2D eigenvalue weighted by Gasteiger charge is 2.25. The summed E-state index contributed by atoms with van der Waals surface area (Å²) in [4.78, 5) is 15.9. The smallest absolute Gasteiger partial charge is 0.251 e. The molecule has 3 heterocycles. The van der Waals surface area contributed by atoms with Gasteiger partial charge in [0.25, 0.3) is 6.43 Å². The van der Waals surface area contributed by atoms with Crippen LogP contribution in [-0.2, 0) is 4.74 Å². The molecule has 0 bridgehead atoms. The molecule has 0 radical (unpaired) electrons. The standard InChI is InChI=1S/C26H38F2N6O3/c1-29-16-21(35)18-37-22-5-3-4-19(14-22)26-30-24(32(2)20-6-12-36-13-7-20)15-25(31-26)34-10-8-33(9-11-34)17-23(27)28/h3-5,14-15,20-21,23,29,35H,6-13,16-18H2,1-2H3. The number of nitrogens with one attached hydrogen (secondary N) is 1. The van der Waals surface area contributed by atoms with E-state index >= 15 is 0 Å². The van der Waals surface area contributed by atoms with E-state index in [-0.39, 0.29) is 13.2 Å². The number of piperazine rings is 1. The number of rotatable bonds is 11. The molecule has 1 aromatic carbocycles. The van der Waals surface area contributed by atoms with Crippen LogP contribution in [0.5, 0.6) is 5.75 Å². The maximum atomic E-state index is 12.9. The first-order valence-corrected chi connectivity index (χ1v) is 12.9. The Hall–Kier alpha value is -2.60. The van der Waals surface area contributed by atoms with E-state index in [4.69, 9.17) is 19.4 Å². The highest BCUT2D eigenvalue weighted by Crippen LogP contribution is 2.29. The Morgan fingerprint density at radius 3 is 2.62 bits per heavy atom. The lowest BCUT2D eigenvalue weighted by atomic mass is 10.1. The summed E-state index contributed by atoms with van der Waals surface area (Å²) < 4.78 is 37.0. The maximum absolute atomic E-state index is 12.9. The lowest BCUT2D eigenvalue weighted by Gasteiger charge is -2.36. The van der Waals surface area contributed by atoms with Crippen LogP contribution in [0.2, 0.25) is 0 Å². The van der Waals surface area contributed by atoms with Crippen LogP contribution in [0.1, 0.15) is 12.8 Å². The van der Waals surface area contributed by atoms with Gasteiger partial charge in [-0.05, 0) is 32.0 Å². The van der Waals surface area contributed by atoms with Gasteiger partial charge in [-0.1, -0.05) is 12.1 Å². The summed E-state index contributed by atoms with van der Waals surface area (Å²) in [6.07, 6.45) is -1.09. The molecule has 0 aliphatic carbocycles. The number of nitrogens with zero attached hydrogens (tertiary/aromatic N) is 5. The molecule has 0 saturated carbocycles. The van der Waals surface area contributed by atoms with Crippen LogP contribution in [0.4, 0.5) is 20.4 Å². The van der Waals surface area contributed by atoms with Crippen LogP contribution in [0.25, 0.3) is 11.4 Å². The fourth-order valence-corrected chi connectivity index (χ4v) is 4.72. The molecule has 2 aliphatic rings. The van der Waals surface area contributed by atoms with Gasteiger partial charge >= 0.3 is 0 Å². The number of halogens is 2. The molecule has 2 saturated heterocycles. The number of benzene rings is 1. The largest absolute Gasteiger partial charge is 0.491 e. The van der Waals surface area contributed by atoms with Gasteiger partial charge in [0.2, 0.25) is 0 Å². The zero-order valence-electron chi connectivity index (χ0n) is 21.7. The Balaban J connectivity index is 1.58. The summed E-state index contributed by atoms with van der Waals surface area (Å²) in [5.41, 5.74) is 0.806. The van der Waals surface area contributed by atoms with Gasteiger partial charge in [-0.25, -0.2) is 18.7 Å². The van der Waals surface area contributed by atoms with Crippen molar-refractivity contribution in [1.82, 2.24) is 20.2 Å². The molecule has 11 heteroatoms. The van der Waals surface area contributed by atoms with Crippen molar-refractivity contribution < 1.29 is 23.4 Å². The Kier molecular flexibility index (Phi) is 9.84. The van der Waals surface area contributed by atoms with E-state index in [9.17, 15) is 13.9 Å². The average molecular weight is 521 g/mol. The van der Waals surface area contributed by atoms with Crippen LogP contribution >= 0.6 is 0 Å². The predicted octanol–water partition coefficient (Wildman–Crippen LogP) is 2.10. The molecule has 204 valence electrons. The number of alkyl halides is 2. The zero-order chi connectivity index (χ0) is 26.2. The first kappa shape index (κ1) is 27.4. The molecular formula is C26H38F2N6O3. The van der Waals surface area contributed by atoms with Crippen LogP contribution in [0.15, 0.2) is 30.3 Å². The van der Waals surface area contributed by atoms with Gasteiger partial charge in [0.15, 0.2) is 5.82 Å². The van der Waals surface area contributed by atoms with Gasteiger partial charge < -0.3 is 29.7 Å². The average Bonchev–Trinajstić information content (AvgIpc) is 2.92. The maximum Gasteiger partial charge on any atom is 0.251 e. The van der Waals surface area contributed by atoms with Crippen LogP contribution in [-0.4, -0.2) is 112 Å². The van der Waals surface area contributed by atoms with Crippen molar-refractivity contribution in [3.05, 3.63) is 30.3 Å². The van der Waals surface area contributed by atoms with Gasteiger partial charge in [-0.2, -0.15) is 0 Å². The topological polar surface area (TPSA) is 86.2 Å². The first-order chi connectivity index (χ1) is 17.9. The van der Waals surface area contributed by atoms with Crippen LogP contribution in [0.3, 0.4) is 0 Å². The van der Waals surface area contributed by atoms with Gasteiger partial charge in [0.1, 0.15) is 30.1 Å². The summed E-state index contributed by atoms with van der Waals surface area (Å²) in [7, 11) is 3.83. The van der Waals surface area contributed by atoms with Crippen molar-refractivity contribution >= 4 is 11.6 Å². The fraction of sp³-hybridized carbons (Fsp3) is 0.615. The van der Waals surface area contributed by atoms with Crippen molar-refractivity contribution in [3.8, 4) is 17.1 Å². The molecule has 0 spiro atoms. The van der Waals surface area contributed by atoms with Gasteiger partial charge in [-0.15, -0.1) is 0 Å². The SMILES string of the molecule is CNCC(O)COc1cccc(-c2nc(N3CCN(CC(F)F)CC3)cc(N(C)C3CCOCC3)n2)c1. The minimum atomic E-state index is -2.33. The zero-order valence-corrected chi connectivity index (χ0v) is 21.7. The number of ether oxygens (including phenoxy) is 2. The fourth-order valence-electron chi connectivity index (χ4n) is 4.72. The summed E-state index contributed by atoms with van der Waals surface area (Å²) >= 11 is 0. The minimum absolute atomic E-state index is 0.172. The van der Waals surface area contributed by atoms with Gasteiger partial charge in [0.05, 0.1) is 6.54 Å². The second-order valence-corrected chi connectivity index (χ2v) is 9.59. The van der Waals surface area contributed by atoms with E-state index in [1.54, 1.807) is 11.9 Å². The number of likely N-dealkylation sites (N-methyl/N-ethyl adjacent to an activating group) is 1. The molecule has 0 amide bonds. The Morgan fingerprint density at radius 2 is 1.92 bits per heavy atom. The number of aromatic nitrogens is 2. The highest BCUT2D eigenvalue weighted by atomic mass is 19.3. The van der Waals surface area contributed by atoms with Crippen molar-refractivity contribution in [3.63, 3.8) is 0 Å². The van der Waals surface area contributed by atoms with Crippen LogP contribution < -0.4 is 19.9 Å². The Morgan fingerprint density at radius 1 is 1.16 bits per heavy atom. The lowest BCUT2D eigenvalue weighted by Crippen LogP contribution is -2.48. The molecule has 2 N–H and O–H groups in total. The second kappa shape index (κ2) is 13.3. The first-order valence-electron chi connectivity index (χ1n) is 12.9. The van der Waals surface area contributed by atoms with Gasteiger partial charge in [0, 0.05) is 70.7 Å². The van der Waals surface area contributed by atoms with Crippen molar-refractivity contribution in [2.75, 3.05) is 83.0 Å². The molecule has 2 aliphatic heterocycles. The van der Waals surface area contributed by atoms with Crippen molar-refractivity contribution in [2.24, 2.45) is 0 Å². The summed E-state index contributed by atoms with van der Waals surface area (Å²) in [5.74, 6) is 2.80. The Labute approximate surface area is 217 Å². The highest BCUT2D eigenvalue weighted by molar-refractivity contribution is 5.64. The van der Waals surface area contributed by atoms with E-state index in [0.717, 1.165) is 43.3 Å². The summed E-state index contributed by atoms with van der Waals surface area (Å²) in [6, 6.07) is 9.86. The molecule has 1 unspecified atom stereocenters. The lowest BCUT2D eigenvalue weighted by molar-refractivity contribution is 0.0853. The quantitative estimate of drug-likeness (QED) is 0.463. The minimum Gasteiger partial charge on any atom is -0.491 e. The molecule has 4 rings (SSSR count). The summed E-state index contributed by atoms with van der Waals surface area (Å²) in [5, 5.41) is 12.9. The third-order valence-corrected chi connectivity index (χ3v) is 6.87. The molecule has 37 heavy (non-hydrogen) atoms. The molecule has 1 aromatic heterocycles. The number of aliphatic hydroxyl groups is 1. The number of aliphatic hydroxyl groups excluding tert-OH is 1. The predicted molar refractivity (Wildman–Crippen MR) is 140 cm³/mol. The monoisotopic (exact) mass is 520 g/mol. The molecule has 9 nitrogen and oxygen atoms in total. The van der Waals surface area contributed by atoms with Crippen molar-refractivity contribution in [1.29, 1.82) is 0 Å². The number of hydrogen-bond donors (Lipinski definition) is 2. The third kappa shape index (κ3) is 7.70. The normalized spacial score (nSPS) is 18.3. The Bertz CT molecular complexity index is 987. The second-order valence-electron chi connectivity index (χ2n) is 9.59. The number of anilines is 2. The summed E-state index contributed by atoms with van der Waals surface area (Å²) in [6.45, 7) is 4.24. The van der Waals surface area contributed by atoms with E-state index < -0.39 is 12.5 Å². The van der Waals surface area contributed by atoms with E-state index in [0.29, 0.717) is 50.3 Å². The van der Waals surface area contributed by atoms with Crippen molar-refractivity contribution in [2.45, 2.75) is 31.4 Å². The van der Waals surface area contributed by atoms with E-state index in [2.05, 4.69) is 22.2 Å². The third-order valence-electron chi connectivity index (χ3n) is 6.87. The molecule has 1 atom stereocenters. The number of hydrogen-bond acceptors (Lipinski definition) is 9. The van der Waals surface area contributed by atoms with E-state index in [1.807, 2.05) is 30.3 Å². The molecule has 2 fully saturated rings. The van der Waals surface area contributed by atoms with Crippen LogP contribution in [0, 0.1) is 0 Å². The molecular weight excluding hydrogens is 482 g/mol.